The Morgan fingerprint density at radius 3 is 2.39 bits per heavy atom. The van der Waals surface area contributed by atoms with Crippen molar-refractivity contribution in [3.63, 3.8) is 0 Å². The van der Waals surface area contributed by atoms with E-state index in [1.807, 2.05) is 31.2 Å². The van der Waals surface area contributed by atoms with Gasteiger partial charge in [0.2, 0.25) is 15.9 Å². The molecule has 0 fully saturated rings. The van der Waals surface area contributed by atoms with E-state index in [0.29, 0.717) is 5.75 Å². The number of rotatable bonds is 8. The van der Waals surface area contributed by atoms with Gasteiger partial charge < -0.3 is 10.1 Å². The first kappa shape index (κ1) is 21.7. The third kappa shape index (κ3) is 5.95. The Labute approximate surface area is 165 Å². The SMILES string of the molecule is Cc1ccc(OCC(C)NC(=O)C(C)N(c2cccc(F)c2)S(C)(=O)=O)cc1. The number of carbonyl (C=O) groups is 1. The largest absolute Gasteiger partial charge is 0.491 e. The molecule has 0 bridgehead atoms. The Morgan fingerprint density at radius 1 is 1.18 bits per heavy atom. The number of halogens is 1. The molecule has 2 aromatic carbocycles. The standard InChI is InChI=1S/C20H25FN2O4S/c1-14-8-10-19(11-9-14)27-13-15(2)22-20(24)16(3)23(28(4,25)26)18-7-5-6-17(21)12-18/h5-12,15-16H,13H2,1-4H3,(H,22,24). The van der Waals surface area contributed by atoms with Gasteiger partial charge in [0.25, 0.3) is 0 Å². The van der Waals surface area contributed by atoms with Crippen LogP contribution in [-0.4, -0.2) is 39.3 Å². The zero-order valence-electron chi connectivity index (χ0n) is 16.3. The van der Waals surface area contributed by atoms with E-state index in [1.54, 1.807) is 6.92 Å². The topological polar surface area (TPSA) is 75.7 Å². The Hall–Kier alpha value is -2.61. The molecule has 0 saturated heterocycles. The van der Waals surface area contributed by atoms with Gasteiger partial charge in [0, 0.05) is 0 Å². The van der Waals surface area contributed by atoms with Crippen LogP contribution in [-0.2, 0) is 14.8 Å². The fourth-order valence-electron chi connectivity index (χ4n) is 2.68. The van der Waals surface area contributed by atoms with Gasteiger partial charge in [-0.1, -0.05) is 23.8 Å². The van der Waals surface area contributed by atoms with E-state index in [4.69, 9.17) is 4.74 Å². The summed E-state index contributed by atoms with van der Waals surface area (Å²) in [4.78, 5) is 12.6. The molecule has 6 nitrogen and oxygen atoms in total. The van der Waals surface area contributed by atoms with Crippen LogP contribution in [0.4, 0.5) is 10.1 Å². The Balaban J connectivity index is 2.04. The minimum atomic E-state index is -3.80. The first-order valence-electron chi connectivity index (χ1n) is 8.82. The van der Waals surface area contributed by atoms with Crippen molar-refractivity contribution in [1.82, 2.24) is 5.32 Å². The summed E-state index contributed by atoms with van der Waals surface area (Å²) in [5.74, 6) is -0.411. The molecule has 0 radical (unpaired) electrons. The minimum Gasteiger partial charge on any atom is -0.491 e. The van der Waals surface area contributed by atoms with Crippen LogP contribution in [0.25, 0.3) is 0 Å². The number of nitrogens with one attached hydrogen (secondary N) is 1. The molecule has 0 spiro atoms. The number of sulfonamides is 1. The molecular weight excluding hydrogens is 383 g/mol. The van der Waals surface area contributed by atoms with Crippen molar-refractivity contribution in [3.05, 3.63) is 59.9 Å². The molecule has 2 atom stereocenters. The van der Waals surface area contributed by atoms with E-state index in [-0.39, 0.29) is 18.3 Å². The third-order valence-electron chi connectivity index (χ3n) is 4.06. The molecule has 0 aliphatic carbocycles. The third-order valence-corrected chi connectivity index (χ3v) is 5.30. The summed E-state index contributed by atoms with van der Waals surface area (Å²) in [6.07, 6.45) is 0.978. The maximum absolute atomic E-state index is 13.5. The van der Waals surface area contributed by atoms with Gasteiger partial charge in [0.1, 0.15) is 24.2 Å². The highest BCUT2D eigenvalue weighted by atomic mass is 32.2. The van der Waals surface area contributed by atoms with E-state index in [0.717, 1.165) is 22.2 Å². The number of aryl methyl sites for hydroxylation is 1. The number of nitrogens with zero attached hydrogens (tertiary/aromatic N) is 1. The molecule has 0 heterocycles. The fourth-order valence-corrected chi connectivity index (χ4v) is 3.85. The van der Waals surface area contributed by atoms with Gasteiger partial charge in [-0.15, -0.1) is 0 Å². The van der Waals surface area contributed by atoms with Gasteiger partial charge >= 0.3 is 0 Å². The van der Waals surface area contributed by atoms with Crippen LogP contribution in [0.2, 0.25) is 0 Å². The number of anilines is 1. The highest BCUT2D eigenvalue weighted by Crippen LogP contribution is 2.21. The summed E-state index contributed by atoms with van der Waals surface area (Å²) in [6, 6.07) is 11.2. The van der Waals surface area contributed by atoms with Gasteiger partial charge in [-0.3, -0.25) is 9.10 Å². The van der Waals surface area contributed by atoms with Crippen LogP contribution < -0.4 is 14.4 Å². The molecular formula is C20H25FN2O4S. The monoisotopic (exact) mass is 408 g/mol. The first-order chi connectivity index (χ1) is 13.1. The van der Waals surface area contributed by atoms with Crippen molar-refractivity contribution < 1.29 is 22.3 Å². The van der Waals surface area contributed by atoms with Crippen LogP contribution >= 0.6 is 0 Å². The number of amides is 1. The van der Waals surface area contributed by atoms with Crippen LogP contribution in [0.5, 0.6) is 5.75 Å². The quantitative estimate of drug-likeness (QED) is 0.729. The number of ether oxygens (including phenoxy) is 1. The van der Waals surface area contributed by atoms with Gasteiger partial charge in [-0.05, 0) is 51.1 Å². The minimum absolute atomic E-state index is 0.0914. The molecule has 2 aromatic rings. The van der Waals surface area contributed by atoms with Gasteiger partial charge in [-0.2, -0.15) is 0 Å². The molecule has 0 saturated carbocycles. The predicted octanol–water partition coefficient (Wildman–Crippen LogP) is 2.87. The van der Waals surface area contributed by atoms with Crippen LogP contribution in [0.3, 0.4) is 0 Å². The molecule has 28 heavy (non-hydrogen) atoms. The van der Waals surface area contributed by atoms with Crippen molar-refractivity contribution in [2.75, 3.05) is 17.2 Å². The Kier molecular flexibility index (Phi) is 7.01. The van der Waals surface area contributed by atoms with E-state index in [9.17, 15) is 17.6 Å². The summed E-state index contributed by atoms with van der Waals surface area (Å²) in [7, 11) is -3.80. The second-order valence-corrected chi connectivity index (χ2v) is 8.61. The number of hydrogen-bond donors (Lipinski definition) is 1. The van der Waals surface area contributed by atoms with Crippen molar-refractivity contribution in [1.29, 1.82) is 0 Å². The highest BCUT2D eigenvalue weighted by molar-refractivity contribution is 7.92. The van der Waals surface area contributed by atoms with Gasteiger partial charge in [-0.25, -0.2) is 12.8 Å². The lowest BCUT2D eigenvalue weighted by atomic mass is 10.2. The lowest BCUT2D eigenvalue weighted by Crippen LogP contribution is -2.50. The second-order valence-electron chi connectivity index (χ2n) is 6.75. The summed E-state index contributed by atoms with van der Waals surface area (Å²) in [5.41, 5.74) is 1.20. The fraction of sp³-hybridized carbons (Fsp3) is 0.350. The number of benzene rings is 2. The molecule has 0 aromatic heterocycles. The molecule has 2 rings (SSSR count). The molecule has 2 unspecified atom stereocenters. The molecule has 0 aliphatic rings. The van der Waals surface area contributed by atoms with E-state index < -0.39 is 27.8 Å². The lowest BCUT2D eigenvalue weighted by Gasteiger charge is -2.29. The Morgan fingerprint density at radius 2 is 1.82 bits per heavy atom. The Bertz CT molecular complexity index is 916. The molecule has 152 valence electrons. The molecule has 0 aliphatic heterocycles. The van der Waals surface area contributed by atoms with Crippen LogP contribution in [0, 0.1) is 12.7 Å². The predicted molar refractivity (Wildman–Crippen MR) is 107 cm³/mol. The van der Waals surface area contributed by atoms with Crippen LogP contribution in [0.1, 0.15) is 19.4 Å². The van der Waals surface area contributed by atoms with Crippen LogP contribution in [0.15, 0.2) is 48.5 Å². The zero-order valence-corrected chi connectivity index (χ0v) is 17.2. The summed E-state index contributed by atoms with van der Waals surface area (Å²) >= 11 is 0. The van der Waals surface area contributed by atoms with Gasteiger partial charge in [0.15, 0.2) is 0 Å². The zero-order chi connectivity index (χ0) is 20.9. The smallest absolute Gasteiger partial charge is 0.243 e. The molecule has 1 N–H and O–H groups in total. The first-order valence-corrected chi connectivity index (χ1v) is 10.7. The summed E-state index contributed by atoms with van der Waals surface area (Å²) in [6.45, 7) is 5.40. The van der Waals surface area contributed by atoms with Crippen molar-refractivity contribution in [2.45, 2.75) is 32.9 Å². The van der Waals surface area contributed by atoms with Crippen molar-refractivity contribution in [3.8, 4) is 5.75 Å². The summed E-state index contributed by atoms with van der Waals surface area (Å²) in [5, 5.41) is 2.73. The highest BCUT2D eigenvalue weighted by Gasteiger charge is 2.30. The number of hydrogen-bond acceptors (Lipinski definition) is 4. The van der Waals surface area contributed by atoms with E-state index >= 15 is 0 Å². The van der Waals surface area contributed by atoms with E-state index in [1.165, 1.54) is 25.1 Å². The second kappa shape index (κ2) is 9.05. The van der Waals surface area contributed by atoms with Crippen molar-refractivity contribution in [2.24, 2.45) is 0 Å². The average molecular weight is 408 g/mol. The lowest BCUT2D eigenvalue weighted by molar-refractivity contribution is -0.122. The average Bonchev–Trinajstić information content (AvgIpc) is 2.60. The maximum Gasteiger partial charge on any atom is 0.243 e. The molecule has 8 heteroatoms. The molecule has 1 amide bonds. The van der Waals surface area contributed by atoms with Gasteiger partial charge in [0.05, 0.1) is 18.0 Å². The number of carbonyl (C=O) groups excluding carboxylic acids is 1. The summed E-state index contributed by atoms with van der Waals surface area (Å²) < 4.78 is 44.5. The maximum atomic E-state index is 13.5. The van der Waals surface area contributed by atoms with Crippen molar-refractivity contribution >= 4 is 21.6 Å². The normalized spacial score (nSPS) is 13.5. The van der Waals surface area contributed by atoms with E-state index in [2.05, 4.69) is 5.32 Å².